The van der Waals surface area contributed by atoms with Crippen LogP contribution in [0.4, 0.5) is 4.79 Å². The highest BCUT2D eigenvalue weighted by atomic mass is 32.2. The number of nitrogens with one attached hydrogen (secondary N) is 1. The van der Waals surface area contributed by atoms with Crippen LogP contribution in [0.25, 0.3) is 0 Å². The standard InChI is InChI=1S/C8H13NO4S/c1-5(7(10)11)9-8(12)13-6-2-3-14-4-6/h5-6H,2-4H2,1H3,(H,9,12)(H,10,11)/t5-,6+/m0/s1. The maximum Gasteiger partial charge on any atom is 0.408 e. The fourth-order valence-electron chi connectivity index (χ4n) is 1.03. The fraction of sp³-hybridized carbons (Fsp3) is 0.750. The molecule has 6 heteroatoms. The minimum absolute atomic E-state index is 0.0685. The minimum Gasteiger partial charge on any atom is -0.480 e. The summed E-state index contributed by atoms with van der Waals surface area (Å²) < 4.78 is 5.00. The summed E-state index contributed by atoms with van der Waals surface area (Å²) >= 11 is 1.73. The topological polar surface area (TPSA) is 75.6 Å². The Hall–Kier alpha value is -0.910. The number of rotatable bonds is 3. The van der Waals surface area contributed by atoms with Crippen LogP contribution in [0.3, 0.4) is 0 Å². The van der Waals surface area contributed by atoms with Crippen molar-refractivity contribution in [1.29, 1.82) is 0 Å². The van der Waals surface area contributed by atoms with Crippen LogP contribution in [0.5, 0.6) is 0 Å². The van der Waals surface area contributed by atoms with E-state index in [1.807, 2.05) is 0 Å². The summed E-state index contributed by atoms with van der Waals surface area (Å²) in [6, 6.07) is -0.906. The van der Waals surface area contributed by atoms with Crippen molar-refractivity contribution in [3.05, 3.63) is 0 Å². The van der Waals surface area contributed by atoms with Crippen molar-refractivity contribution in [2.24, 2.45) is 0 Å². The average molecular weight is 219 g/mol. The van der Waals surface area contributed by atoms with Crippen LogP contribution < -0.4 is 5.32 Å². The number of aliphatic carboxylic acids is 1. The number of carboxylic acids is 1. The number of hydrogen-bond acceptors (Lipinski definition) is 4. The summed E-state index contributed by atoms with van der Waals surface area (Å²) in [4.78, 5) is 21.5. The average Bonchev–Trinajstić information content (AvgIpc) is 2.56. The monoisotopic (exact) mass is 219 g/mol. The van der Waals surface area contributed by atoms with Crippen molar-refractivity contribution < 1.29 is 19.4 Å². The lowest BCUT2D eigenvalue weighted by Crippen LogP contribution is -2.40. The molecule has 14 heavy (non-hydrogen) atoms. The Morgan fingerprint density at radius 3 is 2.86 bits per heavy atom. The van der Waals surface area contributed by atoms with E-state index in [0.29, 0.717) is 0 Å². The van der Waals surface area contributed by atoms with Crippen LogP contribution in [0.15, 0.2) is 0 Å². The van der Waals surface area contributed by atoms with Crippen molar-refractivity contribution in [2.45, 2.75) is 25.5 Å². The zero-order chi connectivity index (χ0) is 10.6. The van der Waals surface area contributed by atoms with Gasteiger partial charge in [0.2, 0.25) is 0 Å². The van der Waals surface area contributed by atoms with Crippen LogP contribution in [0, 0.1) is 0 Å². The maximum atomic E-state index is 11.1. The van der Waals surface area contributed by atoms with E-state index in [-0.39, 0.29) is 6.10 Å². The third kappa shape index (κ3) is 3.45. The van der Waals surface area contributed by atoms with Gasteiger partial charge >= 0.3 is 12.1 Å². The van der Waals surface area contributed by atoms with E-state index < -0.39 is 18.1 Å². The van der Waals surface area contributed by atoms with Crippen LogP contribution in [-0.2, 0) is 9.53 Å². The summed E-state index contributed by atoms with van der Waals surface area (Å²) in [5.74, 6) is 0.726. The van der Waals surface area contributed by atoms with Gasteiger partial charge in [0.05, 0.1) is 0 Å². The minimum atomic E-state index is -1.07. The van der Waals surface area contributed by atoms with Crippen LogP contribution in [0.1, 0.15) is 13.3 Å². The van der Waals surface area contributed by atoms with E-state index in [2.05, 4.69) is 5.32 Å². The molecule has 2 atom stereocenters. The molecular formula is C8H13NO4S. The molecule has 80 valence electrons. The third-order valence-electron chi connectivity index (χ3n) is 1.87. The van der Waals surface area contributed by atoms with E-state index in [0.717, 1.165) is 17.9 Å². The molecule has 0 aromatic rings. The van der Waals surface area contributed by atoms with E-state index in [4.69, 9.17) is 9.84 Å². The lowest BCUT2D eigenvalue weighted by atomic mass is 10.3. The Labute approximate surface area is 86.2 Å². The first-order chi connectivity index (χ1) is 6.59. The summed E-state index contributed by atoms with van der Waals surface area (Å²) in [6.07, 6.45) is 0.132. The van der Waals surface area contributed by atoms with Gasteiger partial charge in [-0.2, -0.15) is 11.8 Å². The van der Waals surface area contributed by atoms with Crippen molar-refractivity contribution >= 4 is 23.8 Å². The quantitative estimate of drug-likeness (QED) is 0.730. The molecule has 2 N–H and O–H groups in total. The molecule has 1 aliphatic heterocycles. The molecule has 1 amide bonds. The Kier molecular flexibility index (Phi) is 4.06. The zero-order valence-corrected chi connectivity index (χ0v) is 8.67. The Morgan fingerprint density at radius 2 is 2.36 bits per heavy atom. The SMILES string of the molecule is C[C@H](NC(=O)O[C@@H]1CCSC1)C(=O)O. The van der Waals surface area contributed by atoms with E-state index in [9.17, 15) is 9.59 Å². The Morgan fingerprint density at radius 1 is 1.64 bits per heavy atom. The second kappa shape index (κ2) is 5.09. The van der Waals surface area contributed by atoms with Gasteiger partial charge < -0.3 is 15.2 Å². The summed E-state index contributed by atoms with van der Waals surface area (Å²) in [5.41, 5.74) is 0. The molecule has 0 aromatic heterocycles. The van der Waals surface area contributed by atoms with Gasteiger partial charge in [-0.15, -0.1) is 0 Å². The number of carboxylic acid groups (broad SMARTS) is 1. The first kappa shape index (κ1) is 11.2. The normalized spacial score (nSPS) is 22.8. The van der Waals surface area contributed by atoms with Crippen molar-refractivity contribution in [3.63, 3.8) is 0 Å². The maximum absolute atomic E-state index is 11.1. The summed E-state index contributed by atoms with van der Waals surface area (Å²) in [6.45, 7) is 1.40. The first-order valence-electron chi connectivity index (χ1n) is 4.37. The molecule has 0 spiro atoms. The molecule has 0 aliphatic carbocycles. The number of carbonyl (C=O) groups excluding carboxylic acids is 1. The Bertz CT molecular complexity index is 227. The molecule has 1 aliphatic rings. The highest BCUT2D eigenvalue weighted by Gasteiger charge is 2.21. The van der Waals surface area contributed by atoms with Crippen molar-refractivity contribution in [1.82, 2.24) is 5.32 Å². The molecule has 1 fully saturated rings. The number of hydrogen-bond donors (Lipinski definition) is 2. The number of thioether (sulfide) groups is 1. The highest BCUT2D eigenvalue weighted by molar-refractivity contribution is 7.99. The largest absolute Gasteiger partial charge is 0.480 e. The molecule has 0 unspecified atom stereocenters. The molecule has 5 nitrogen and oxygen atoms in total. The smallest absolute Gasteiger partial charge is 0.408 e. The summed E-state index contributed by atoms with van der Waals surface area (Å²) in [7, 11) is 0. The molecule has 1 rings (SSSR count). The lowest BCUT2D eigenvalue weighted by Gasteiger charge is -2.13. The molecule has 0 saturated carbocycles. The van der Waals surface area contributed by atoms with Crippen molar-refractivity contribution in [3.8, 4) is 0 Å². The molecular weight excluding hydrogens is 206 g/mol. The van der Waals surface area contributed by atoms with Crippen molar-refractivity contribution in [2.75, 3.05) is 11.5 Å². The molecule has 1 heterocycles. The Balaban J connectivity index is 2.24. The van der Waals surface area contributed by atoms with Gasteiger partial charge in [0.1, 0.15) is 12.1 Å². The van der Waals surface area contributed by atoms with E-state index >= 15 is 0 Å². The number of amides is 1. The zero-order valence-electron chi connectivity index (χ0n) is 7.86. The van der Waals surface area contributed by atoms with Crippen LogP contribution in [-0.4, -0.2) is 40.8 Å². The number of ether oxygens (including phenoxy) is 1. The predicted octanol–water partition coefficient (Wildman–Crippen LogP) is 0.691. The lowest BCUT2D eigenvalue weighted by molar-refractivity contribution is -0.138. The van der Waals surface area contributed by atoms with E-state index in [1.54, 1.807) is 11.8 Å². The van der Waals surface area contributed by atoms with Gasteiger partial charge in [-0.25, -0.2) is 4.79 Å². The van der Waals surface area contributed by atoms with Crippen LogP contribution >= 0.6 is 11.8 Å². The number of carbonyl (C=O) groups is 2. The molecule has 1 saturated heterocycles. The molecule has 0 radical (unpaired) electrons. The van der Waals surface area contributed by atoms with Gasteiger partial charge in [-0.05, 0) is 19.1 Å². The highest BCUT2D eigenvalue weighted by Crippen LogP contribution is 2.19. The fourth-order valence-corrected chi connectivity index (χ4v) is 2.12. The van der Waals surface area contributed by atoms with Gasteiger partial charge in [0.15, 0.2) is 0 Å². The second-order valence-corrected chi connectivity index (χ2v) is 4.25. The van der Waals surface area contributed by atoms with Gasteiger partial charge in [0.25, 0.3) is 0 Å². The third-order valence-corrected chi connectivity index (χ3v) is 3.00. The molecule has 0 aromatic carbocycles. The molecule has 0 bridgehead atoms. The predicted molar refractivity (Wildman–Crippen MR) is 52.4 cm³/mol. The van der Waals surface area contributed by atoms with Crippen LogP contribution in [0.2, 0.25) is 0 Å². The number of alkyl carbamates (subject to hydrolysis) is 1. The van der Waals surface area contributed by atoms with E-state index in [1.165, 1.54) is 6.92 Å². The second-order valence-electron chi connectivity index (χ2n) is 3.10. The van der Waals surface area contributed by atoms with Gasteiger partial charge in [-0.3, -0.25) is 4.79 Å². The first-order valence-corrected chi connectivity index (χ1v) is 5.52. The van der Waals surface area contributed by atoms with Gasteiger partial charge in [-0.1, -0.05) is 0 Å². The summed E-state index contributed by atoms with van der Waals surface area (Å²) in [5, 5.41) is 10.8. The van der Waals surface area contributed by atoms with Gasteiger partial charge in [0, 0.05) is 5.75 Å².